The van der Waals surface area contributed by atoms with Crippen molar-refractivity contribution in [3.05, 3.63) is 95.0 Å². The molecule has 6 nitrogen and oxygen atoms in total. The van der Waals surface area contributed by atoms with Crippen molar-refractivity contribution in [2.45, 2.75) is 51.2 Å². The molecule has 2 heterocycles. The van der Waals surface area contributed by atoms with Gasteiger partial charge in [0, 0.05) is 20.5 Å². The molecule has 3 aromatic carbocycles. The SMILES string of the molecule is CC1(C)[C@H]2CC[C@@]13CS(=O)(=O)N(C(=O)[C@H]1[C@@H](c4ccc(Br)cc4)N1P(=O)(c1ccccc1)c1ccccc1)[C@H]3C2. The molecular formula is C31H32BrN2O4PS. The van der Waals surface area contributed by atoms with Gasteiger partial charge in [-0.15, -0.1) is 0 Å². The fourth-order valence-electron chi connectivity index (χ4n) is 8.20. The first-order valence-corrected chi connectivity index (χ1v) is 17.9. The van der Waals surface area contributed by atoms with Crippen LogP contribution in [0, 0.1) is 16.7 Å². The predicted molar refractivity (Wildman–Crippen MR) is 160 cm³/mol. The van der Waals surface area contributed by atoms with Gasteiger partial charge in [-0.1, -0.05) is 78.3 Å². The van der Waals surface area contributed by atoms with Gasteiger partial charge in [0.15, 0.2) is 0 Å². The van der Waals surface area contributed by atoms with Gasteiger partial charge in [0.2, 0.25) is 17.3 Å². The Kier molecular flexibility index (Phi) is 5.91. The van der Waals surface area contributed by atoms with Gasteiger partial charge >= 0.3 is 0 Å². The van der Waals surface area contributed by atoms with E-state index in [0.717, 1.165) is 22.9 Å². The molecule has 2 bridgehead atoms. The number of carbonyl (C=O) groups excluding carboxylic acids is 1. The van der Waals surface area contributed by atoms with E-state index in [1.165, 1.54) is 4.31 Å². The predicted octanol–water partition coefficient (Wildman–Crippen LogP) is 5.47. The van der Waals surface area contributed by atoms with Gasteiger partial charge in [0.1, 0.15) is 6.04 Å². The van der Waals surface area contributed by atoms with E-state index in [-0.39, 0.29) is 17.2 Å². The second-order valence-electron chi connectivity index (χ2n) is 12.3. The molecule has 4 fully saturated rings. The van der Waals surface area contributed by atoms with E-state index in [4.69, 9.17) is 0 Å². The van der Waals surface area contributed by atoms with Crippen molar-refractivity contribution in [2.75, 3.05) is 5.75 Å². The molecule has 208 valence electrons. The molecule has 0 aromatic heterocycles. The van der Waals surface area contributed by atoms with Crippen LogP contribution in [-0.4, -0.2) is 41.1 Å². The van der Waals surface area contributed by atoms with Crippen LogP contribution >= 0.6 is 23.2 Å². The number of sulfonamides is 1. The molecule has 9 heteroatoms. The first kappa shape index (κ1) is 26.6. The highest BCUT2D eigenvalue weighted by Crippen LogP contribution is 2.71. The van der Waals surface area contributed by atoms with Gasteiger partial charge in [-0.3, -0.25) is 9.36 Å². The molecular weight excluding hydrogens is 607 g/mol. The van der Waals surface area contributed by atoms with Crippen LogP contribution in [0.25, 0.3) is 0 Å². The molecule has 2 saturated carbocycles. The zero-order chi connectivity index (χ0) is 28.1. The number of carbonyl (C=O) groups is 1. The van der Waals surface area contributed by atoms with E-state index in [0.29, 0.717) is 22.9 Å². The van der Waals surface area contributed by atoms with Crippen LogP contribution < -0.4 is 10.6 Å². The van der Waals surface area contributed by atoms with Crippen molar-refractivity contribution >= 4 is 49.8 Å². The van der Waals surface area contributed by atoms with Gasteiger partial charge < -0.3 is 0 Å². The van der Waals surface area contributed by atoms with E-state index in [2.05, 4.69) is 29.8 Å². The summed E-state index contributed by atoms with van der Waals surface area (Å²) in [6.07, 6.45) is 2.55. The molecule has 2 aliphatic heterocycles. The van der Waals surface area contributed by atoms with E-state index in [1.54, 1.807) is 4.67 Å². The van der Waals surface area contributed by atoms with Crippen LogP contribution in [0.1, 0.15) is 44.7 Å². The quantitative estimate of drug-likeness (QED) is 0.274. The van der Waals surface area contributed by atoms with Crippen molar-refractivity contribution in [2.24, 2.45) is 16.7 Å². The van der Waals surface area contributed by atoms with Gasteiger partial charge in [-0.25, -0.2) is 17.4 Å². The molecule has 2 saturated heterocycles. The summed E-state index contributed by atoms with van der Waals surface area (Å²) in [6.45, 7) is 4.36. The second kappa shape index (κ2) is 8.87. The highest BCUT2D eigenvalue weighted by atomic mass is 79.9. The van der Waals surface area contributed by atoms with Crippen molar-refractivity contribution in [3.8, 4) is 0 Å². The summed E-state index contributed by atoms with van der Waals surface area (Å²) in [7, 11) is -7.32. The number of nitrogens with zero attached hydrogens (tertiary/aromatic N) is 2. The Balaban J connectivity index is 1.36. The summed E-state index contributed by atoms with van der Waals surface area (Å²) in [5, 5.41) is 1.25. The minimum absolute atomic E-state index is 0.0185. The first-order valence-electron chi connectivity index (χ1n) is 13.8. The van der Waals surface area contributed by atoms with E-state index >= 15 is 4.57 Å². The molecule has 0 N–H and O–H groups in total. The van der Waals surface area contributed by atoms with Crippen molar-refractivity contribution < 1.29 is 17.8 Å². The highest BCUT2D eigenvalue weighted by Gasteiger charge is 2.74. The maximum Gasteiger partial charge on any atom is 0.256 e. The fraction of sp³-hybridized carbons (Fsp3) is 0.387. The van der Waals surface area contributed by atoms with E-state index in [1.807, 2.05) is 84.9 Å². The highest BCUT2D eigenvalue weighted by molar-refractivity contribution is 9.10. The molecule has 1 spiro atoms. The van der Waals surface area contributed by atoms with Crippen molar-refractivity contribution in [1.29, 1.82) is 0 Å². The molecule has 1 amide bonds. The summed E-state index contributed by atoms with van der Waals surface area (Å²) in [5.41, 5.74) is 0.284. The number of hydrogen-bond acceptors (Lipinski definition) is 4. The summed E-state index contributed by atoms with van der Waals surface area (Å²) in [6, 6.07) is 24.5. The van der Waals surface area contributed by atoms with Crippen LogP contribution in [0.4, 0.5) is 0 Å². The number of hydrogen-bond donors (Lipinski definition) is 0. The fourth-order valence-corrected chi connectivity index (χ4v) is 14.1. The topological polar surface area (TPSA) is 74.5 Å². The van der Waals surface area contributed by atoms with Crippen LogP contribution in [0.3, 0.4) is 0 Å². The average Bonchev–Trinajstić information content (AvgIpc) is 3.52. The molecule has 0 radical (unpaired) electrons. The smallest absolute Gasteiger partial charge is 0.256 e. The Labute approximate surface area is 244 Å². The van der Waals surface area contributed by atoms with Gasteiger partial charge in [-0.05, 0) is 72.6 Å². The lowest BCUT2D eigenvalue weighted by Crippen LogP contribution is -2.46. The number of halogens is 1. The second-order valence-corrected chi connectivity index (χ2v) is 17.7. The minimum atomic E-state index is -3.82. The van der Waals surface area contributed by atoms with Crippen molar-refractivity contribution in [1.82, 2.24) is 8.98 Å². The van der Waals surface area contributed by atoms with Crippen LogP contribution in [-0.2, 0) is 19.4 Å². The summed E-state index contributed by atoms with van der Waals surface area (Å²) < 4.78 is 46.9. The zero-order valence-corrected chi connectivity index (χ0v) is 25.8. The minimum Gasteiger partial charge on any atom is -0.296 e. The van der Waals surface area contributed by atoms with Crippen LogP contribution in [0.2, 0.25) is 0 Å². The van der Waals surface area contributed by atoms with Gasteiger partial charge in [0.05, 0.1) is 17.8 Å². The monoisotopic (exact) mass is 638 g/mol. The number of amides is 1. The first-order chi connectivity index (χ1) is 19.0. The molecule has 3 aromatic rings. The Morgan fingerprint density at radius 2 is 1.50 bits per heavy atom. The van der Waals surface area contributed by atoms with Crippen molar-refractivity contribution in [3.63, 3.8) is 0 Å². The molecule has 1 unspecified atom stereocenters. The Morgan fingerprint density at radius 1 is 0.925 bits per heavy atom. The summed E-state index contributed by atoms with van der Waals surface area (Å²) >= 11 is 3.49. The normalized spacial score (nSPS) is 33.1. The lowest BCUT2D eigenvalue weighted by atomic mass is 9.69. The largest absolute Gasteiger partial charge is 0.296 e. The lowest BCUT2D eigenvalue weighted by molar-refractivity contribution is -0.129. The van der Waals surface area contributed by atoms with Crippen LogP contribution in [0.15, 0.2) is 89.4 Å². The lowest BCUT2D eigenvalue weighted by Gasteiger charge is -2.37. The Hall–Kier alpha value is -2.25. The molecule has 2 aliphatic carbocycles. The maximum atomic E-state index is 15.4. The molecule has 4 aliphatic rings. The third-order valence-electron chi connectivity index (χ3n) is 10.4. The standard InChI is InChI=1S/C31H32BrN2O4PS/c1-30(2)22-17-18-31(30)20-40(37,38)34(26(31)19-22)29(35)28-27(21-13-15-23(32)16-14-21)33(28)39(36,24-9-5-3-6-10-24)25-11-7-4-8-12-25/h3-16,22,26-28H,17-20H2,1-2H3/t22-,26-,27+,28+,31-,33?/m0/s1. The number of benzene rings is 3. The summed E-state index contributed by atoms with van der Waals surface area (Å²) in [4.78, 5) is 14.6. The summed E-state index contributed by atoms with van der Waals surface area (Å²) in [5.74, 6) is -0.0178. The Bertz CT molecular complexity index is 1600. The molecule has 40 heavy (non-hydrogen) atoms. The van der Waals surface area contributed by atoms with E-state index < -0.39 is 40.7 Å². The van der Waals surface area contributed by atoms with Crippen LogP contribution in [0.5, 0.6) is 0 Å². The maximum absolute atomic E-state index is 15.4. The number of rotatable bonds is 5. The van der Waals surface area contributed by atoms with Gasteiger partial charge in [0.25, 0.3) is 5.91 Å². The Morgan fingerprint density at radius 3 is 2.05 bits per heavy atom. The third kappa shape index (κ3) is 3.52. The third-order valence-corrected chi connectivity index (χ3v) is 16.0. The molecule has 7 rings (SSSR count). The average molecular weight is 640 g/mol. The molecule has 6 atom stereocenters. The number of fused-ring (bicyclic) bond motifs is 1. The van der Waals surface area contributed by atoms with E-state index in [9.17, 15) is 13.2 Å². The zero-order valence-electron chi connectivity index (χ0n) is 22.5. The van der Waals surface area contributed by atoms with Gasteiger partial charge in [-0.2, -0.15) is 0 Å².